The number of hydrogen-bond acceptors (Lipinski definition) is 6. The number of halogens is 3. The van der Waals surface area contributed by atoms with Gasteiger partial charge < -0.3 is 13.7 Å². The van der Waals surface area contributed by atoms with Gasteiger partial charge in [-0.2, -0.15) is 17.7 Å². The van der Waals surface area contributed by atoms with Crippen LogP contribution < -0.4 is 4.57 Å². The lowest BCUT2D eigenvalue weighted by Gasteiger charge is -2.23. The largest absolute Gasteiger partial charge is 0.741 e. The molecule has 37 heavy (non-hydrogen) atoms. The van der Waals surface area contributed by atoms with E-state index in [0.29, 0.717) is 13.3 Å². The summed E-state index contributed by atoms with van der Waals surface area (Å²) in [6.07, 6.45) is 12.9. The van der Waals surface area contributed by atoms with Gasteiger partial charge in [-0.25, -0.2) is 13.4 Å². The third-order valence-corrected chi connectivity index (χ3v) is 6.78. The van der Waals surface area contributed by atoms with Crippen LogP contribution in [0, 0.1) is 0 Å². The summed E-state index contributed by atoms with van der Waals surface area (Å²) >= 11 is 0. The van der Waals surface area contributed by atoms with Crippen molar-refractivity contribution in [3.63, 3.8) is 0 Å². The van der Waals surface area contributed by atoms with Gasteiger partial charge in [0.25, 0.3) is 6.73 Å². The Bertz CT molecular complexity index is 1000. The molecule has 0 fully saturated rings. The second-order valence-corrected chi connectivity index (χ2v) is 15.5. The van der Waals surface area contributed by atoms with E-state index >= 15 is 0 Å². The van der Waals surface area contributed by atoms with E-state index < -0.39 is 23.9 Å². The van der Waals surface area contributed by atoms with Crippen molar-refractivity contribution >= 4 is 18.4 Å². The highest BCUT2D eigenvalue weighted by molar-refractivity contribution is 7.86. The number of pyridine rings is 2. The average molecular weight is 565 g/mol. The van der Waals surface area contributed by atoms with Crippen LogP contribution in [0.4, 0.5) is 13.2 Å². The van der Waals surface area contributed by atoms with Crippen molar-refractivity contribution in [2.24, 2.45) is 0 Å². The van der Waals surface area contributed by atoms with E-state index in [1.165, 1.54) is 38.5 Å². The Morgan fingerprint density at radius 1 is 1.03 bits per heavy atom. The van der Waals surface area contributed by atoms with Gasteiger partial charge in [-0.1, -0.05) is 51.5 Å². The first-order valence-corrected chi connectivity index (χ1v) is 17.2. The maximum atomic E-state index is 10.7. The Balaban J connectivity index is 0.000000738. The molecule has 2 rings (SSSR count). The van der Waals surface area contributed by atoms with Crippen molar-refractivity contribution < 1.29 is 39.9 Å². The van der Waals surface area contributed by atoms with Crippen molar-refractivity contribution in [1.29, 1.82) is 0 Å². The van der Waals surface area contributed by atoms with Crippen LogP contribution >= 0.6 is 0 Å². The van der Waals surface area contributed by atoms with Crippen molar-refractivity contribution in [3.8, 4) is 11.4 Å². The molecule has 1 unspecified atom stereocenters. The minimum atomic E-state index is -6.09. The molecule has 12 heteroatoms. The molecule has 0 aliphatic carbocycles. The third-order valence-electron chi connectivity index (χ3n) is 5.18. The zero-order chi connectivity index (χ0) is 28.0. The Kier molecular flexibility index (Phi) is 14.5. The highest BCUT2D eigenvalue weighted by atomic mass is 32.2. The Labute approximate surface area is 219 Å². The van der Waals surface area contributed by atoms with E-state index in [1.807, 2.05) is 36.5 Å². The number of aromatic nitrogens is 2. The first kappa shape index (κ1) is 33.2. The summed E-state index contributed by atoms with van der Waals surface area (Å²) in [7, 11) is -7.64. The zero-order valence-corrected chi connectivity index (χ0v) is 23.9. The summed E-state index contributed by atoms with van der Waals surface area (Å²) in [5, 5.41) is 0. The first-order valence-electron chi connectivity index (χ1n) is 12.4. The molecule has 0 bridgehead atoms. The van der Waals surface area contributed by atoms with Crippen LogP contribution in [-0.4, -0.2) is 44.5 Å². The third kappa shape index (κ3) is 14.6. The maximum Gasteiger partial charge on any atom is 0.485 e. The molecule has 0 spiro atoms. The molecule has 0 radical (unpaired) electrons. The molecule has 0 saturated heterocycles. The van der Waals surface area contributed by atoms with Crippen LogP contribution in [0.15, 0.2) is 48.8 Å². The van der Waals surface area contributed by atoms with Crippen LogP contribution in [0.3, 0.4) is 0 Å². The monoisotopic (exact) mass is 564 g/mol. The van der Waals surface area contributed by atoms with Gasteiger partial charge in [0.15, 0.2) is 24.6 Å². The number of rotatable bonds is 14. The summed E-state index contributed by atoms with van der Waals surface area (Å²) in [4.78, 5) is 4.49. The fourth-order valence-corrected chi connectivity index (χ4v) is 3.92. The average Bonchev–Trinajstić information content (AvgIpc) is 2.82. The van der Waals surface area contributed by atoms with Crippen LogP contribution in [-0.2, 0) is 26.0 Å². The predicted molar refractivity (Wildman–Crippen MR) is 138 cm³/mol. The van der Waals surface area contributed by atoms with Crippen molar-refractivity contribution in [2.75, 3.05) is 6.61 Å². The standard InChI is InChI=1S/C24H39N2O2Si.CHF3O3S/c1-5-6-7-8-9-10-15-22(20-28-29(2,3)4)27-21-26-19-14-12-17-24(26)23-16-11-13-18-25-23;2-1(3,4)8(5,6)7/h11-14,16-19,22H,5-10,15,20-21H2,1-4H3;(H,5,6,7)/q+1;/p-1. The fourth-order valence-electron chi connectivity index (χ4n) is 3.23. The summed E-state index contributed by atoms with van der Waals surface area (Å²) in [5.74, 6) is 0. The molecule has 2 aromatic rings. The number of ether oxygens (including phenoxy) is 1. The van der Waals surface area contributed by atoms with Crippen LogP contribution in [0.25, 0.3) is 11.4 Å². The highest BCUT2D eigenvalue weighted by Crippen LogP contribution is 2.20. The van der Waals surface area contributed by atoms with Gasteiger partial charge in [0, 0.05) is 18.3 Å². The SMILES string of the molecule is CCCCCCCCC(CO[Si](C)(C)C)OC[n+]1ccccc1-c1ccccn1.O=S(=O)([O-])C(F)(F)F. The first-order chi connectivity index (χ1) is 17.2. The fraction of sp³-hybridized carbons (Fsp3) is 0.600. The second-order valence-electron chi connectivity index (χ2n) is 9.57. The van der Waals surface area contributed by atoms with E-state index in [-0.39, 0.29) is 6.10 Å². The molecule has 0 aromatic carbocycles. The minimum Gasteiger partial charge on any atom is -0.741 e. The Morgan fingerprint density at radius 3 is 2.22 bits per heavy atom. The molecule has 0 N–H and O–H groups in total. The molecule has 210 valence electrons. The smallest absolute Gasteiger partial charge is 0.485 e. The lowest BCUT2D eigenvalue weighted by Crippen LogP contribution is -2.40. The Morgan fingerprint density at radius 2 is 1.65 bits per heavy atom. The van der Waals surface area contributed by atoms with E-state index in [4.69, 9.17) is 22.1 Å². The summed E-state index contributed by atoms with van der Waals surface area (Å²) in [6.45, 7) is 10.2. The Hall–Kier alpha value is -1.86. The maximum absolute atomic E-state index is 10.7. The summed E-state index contributed by atoms with van der Waals surface area (Å²) < 4.78 is 73.6. The highest BCUT2D eigenvalue weighted by Gasteiger charge is 2.36. The van der Waals surface area contributed by atoms with Gasteiger partial charge in [-0.05, 0) is 44.3 Å². The summed E-state index contributed by atoms with van der Waals surface area (Å²) in [6, 6.07) is 12.2. The van der Waals surface area contributed by atoms with Gasteiger partial charge in [-0.15, -0.1) is 0 Å². The molecule has 0 saturated carbocycles. The molecular weight excluding hydrogens is 525 g/mol. The van der Waals surface area contributed by atoms with E-state index in [0.717, 1.165) is 17.8 Å². The summed E-state index contributed by atoms with van der Waals surface area (Å²) in [5.41, 5.74) is -3.62. The quantitative estimate of drug-likeness (QED) is 0.0914. The number of nitrogens with zero attached hydrogens (tertiary/aromatic N) is 2. The van der Waals surface area contributed by atoms with Crippen LogP contribution in [0.1, 0.15) is 51.9 Å². The number of hydrogen-bond donors (Lipinski definition) is 0. The van der Waals surface area contributed by atoms with Crippen LogP contribution in [0.5, 0.6) is 0 Å². The molecule has 2 aromatic heterocycles. The number of unbranched alkanes of at least 4 members (excludes halogenated alkanes) is 5. The van der Waals surface area contributed by atoms with Crippen molar-refractivity contribution in [1.82, 2.24) is 4.98 Å². The van der Waals surface area contributed by atoms with E-state index in [2.05, 4.69) is 48.4 Å². The predicted octanol–water partition coefficient (Wildman–Crippen LogP) is 6.03. The van der Waals surface area contributed by atoms with Gasteiger partial charge >= 0.3 is 5.51 Å². The molecular formula is C25H39F3N2O5SSi. The molecule has 2 heterocycles. The van der Waals surface area contributed by atoms with Crippen molar-refractivity contribution in [3.05, 3.63) is 48.8 Å². The van der Waals surface area contributed by atoms with Gasteiger partial charge in [0.2, 0.25) is 5.69 Å². The normalized spacial score (nSPS) is 13.1. The van der Waals surface area contributed by atoms with Crippen LogP contribution in [0.2, 0.25) is 19.6 Å². The number of alkyl halides is 3. The lowest BCUT2D eigenvalue weighted by molar-refractivity contribution is -0.725. The molecule has 0 aliphatic heterocycles. The molecule has 1 atom stereocenters. The minimum absolute atomic E-state index is 0.136. The van der Waals surface area contributed by atoms with E-state index in [1.54, 1.807) is 0 Å². The molecule has 0 aliphatic rings. The second kappa shape index (κ2) is 16.2. The molecule has 7 nitrogen and oxygen atoms in total. The van der Waals surface area contributed by atoms with Crippen molar-refractivity contribution in [2.45, 2.75) is 89.9 Å². The van der Waals surface area contributed by atoms with Gasteiger partial charge in [0.1, 0.15) is 5.69 Å². The van der Waals surface area contributed by atoms with Gasteiger partial charge in [-0.3, -0.25) is 0 Å². The topological polar surface area (TPSA) is 92.4 Å². The van der Waals surface area contributed by atoms with Gasteiger partial charge in [0.05, 0.1) is 12.7 Å². The van der Waals surface area contributed by atoms with E-state index in [9.17, 15) is 13.2 Å². The molecule has 0 amide bonds. The zero-order valence-electron chi connectivity index (χ0n) is 22.0. The lowest BCUT2D eigenvalue weighted by atomic mass is 10.1.